The van der Waals surface area contributed by atoms with Gasteiger partial charge in [0.15, 0.2) is 11.5 Å². The number of benzene rings is 2. The molecule has 0 fully saturated rings. The Morgan fingerprint density at radius 3 is 2.64 bits per heavy atom. The lowest BCUT2D eigenvalue weighted by Gasteiger charge is -2.14. The first-order valence-corrected chi connectivity index (χ1v) is 8.33. The number of ether oxygens (including phenoxy) is 2. The molecule has 1 N–H and O–H groups in total. The lowest BCUT2D eigenvalue weighted by atomic mass is 10.1. The number of hydrogen-bond donors (Lipinski definition) is 1. The first-order chi connectivity index (χ1) is 12.0. The molecule has 0 aliphatic carbocycles. The minimum Gasteiger partial charge on any atom is -0.490 e. The maximum absolute atomic E-state index is 12.1. The first kappa shape index (κ1) is 18.5. The van der Waals surface area contributed by atoms with Crippen LogP contribution in [0.2, 0.25) is 0 Å². The van der Waals surface area contributed by atoms with E-state index in [4.69, 9.17) is 9.47 Å². The van der Waals surface area contributed by atoms with E-state index in [1.54, 1.807) is 12.3 Å². The highest BCUT2D eigenvalue weighted by Crippen LogP contribution is 2.28. The third-order valence-electron chi connectivity index (χ3n) is 3.40. The van der Waals surface area contributed by atoms with Crippen LogP contribution in [0.15, 0.2) is 47.6 Å². The number of hydrogen-bond acceptors (Lipinski definition) is 4. The molecule has 0 saturated heterocycles. The minimum absolute atomic E-state index is 0.0622. The maximum Gasteiger partial charge on any atom is 0.271 e. The second-order valence-corrected chi connectivity index (χ2v) is 5.82. The van der Waals surface area contributed by atoms with Gasteiger partial charge in [-0.05, 0) is 63.1 Å². The Labute approximate surface area is 148 Å². The van der Waals surface area contributed by atoms with E-state index in [0.29, 0.717) is 23.7 Å². The highest BCUT2D eigenvalue weighted by molar-refractivity contribution is 5.96. The highest BCUT2D eigenvalue weighted by atomic mass is 16.5. The summed E-state index contributed by atoms with van der Waals surface area (Å²) in [6, 6.07) is 12.9. The second kappa shape index (κ2) is 8.87. The van der Waals surface area contributed by atoms with Gasteiger partial charge in [0.05, 0.1) is 18.9 Å². The van der Waals surface area contributed by atoms with Crippen molar-refractivity contribution in [3.05, 3.63) is 59.2 Å². The summed E-state index contributed by atoms with van der Waals surface area (Å²) >= 11 is 0. The van der Waals surface area contributed by atoms with Gasteiger partial charge < -0.3 is 9.47 Å². The number of nitrogens with one attached hydrogen (secondary N) is 1. The number of nitrogens with zero attached hydrogens (tertiary/aromatic N) is 1. The first-order valence-electron chi connectivity index (χ1n) is 8.33. The molecule has 0 aliphatic heterocycles. The summed E-state index contributed by atoms with van der Waals surface area (Å²) in [6.07, 6.45) is 1.64. The van der Waals surface area contributed by atoms with Crippen LogP contribution in [0.5, 0.6) is 11.5 Å². The van der Waals surface area contributed by atoms with Gasteiger partial charge in [-0.25, -0.2) is 5.43 Å². The van der Waals surface area contributed by atoms with E-state index in [1.807, 2.05) is 64.1 Å². The van der Waals surface area contributed by atoms with E-state index in [0.717, 1.165) is 11.1 Å². The van der Waals surface area contributed by atoms with E-state index in [2.05, 4.69) is 10.5 Å². The number of hydrazone groups is 1. The molecule has 0 radical (unpaired) electrons. The zero-order valence-corrected chi connectivity index (χ0v) is 15.1. The van der Waals surface area contributed by atoms with Crippen LogP contribution >= 0.6 is 0 Å². The van der Waals surface area contributed by atoms with Gasteiger partial charge >= 0.3 is 0 Å². The van der Waals surface area contributed by atoms with Crippen molar-refractivity contribution >= 4 is 12.1 Å². The molecule has 0 heterocycles. The molecule has 25 heavy (non-hydrogen) atoms. The Balaban J connectivity index is 2.09. The van der Waals surface area contributed by atoms with Gasteiger partial charge in [0, 0.05) is 5.56 Å². The van der Waals surface area contributed by atoms with Gasteiger partial charge in [-0.3, -0.25) is 4.79 Å². The van der Waals surface area contributed by atoms with Crippen LogP contribution in [-0.4, -0.2) is 24.8 Å². The van der Waals surface area contributed by atoms with Crippen molar-refractivity contribution in [3.8, 4) is 11.5 Å². The van der Waals surface area contributed by atoms with Crippen molar-refractivity contribution in [1.29, 1.82) is 0 Å². The van der Waals surface area contributed by atoms with Gasteiger partial charge in [0.1, 0.15) is 0 Å². The van der Waals surface area contributed by atoms with Gasteiger partial charge in [0.25, 0.3) is 5.91 Å². The Morgan fingerprint density at radius 1 is 1.20 bits per heavy atom. The van der Waals surface area contributed by atoms with Gasteiger partial charge in [-0.2, -0.15) is 5.10 Å². The molecule has 132 valence electrons. The molecule has 0 aliphatic rings. The zero-order valence-electron chi connectivity index (χ0n) is 15.1. The fourth-order valence-corrected chi connectivity index (χ4v) is 2.28. The molecule has 2 rings (SSSR count). The second-order valence-electron chi connectivity index (χ2n) is 5.82. The largest absolute Gasteiger partial charge is 0.490 e. The van der Waals surface area contributed by atoms with Crippen LogP contribution in [0.3, 0.4) is 0 Å². The van der Waals surface area contributed by atoms with Crippen molar-refractivity contribution in [3.63, 3.8) is 0 Å². The normalized spacial score (nSPS) is 10.9. The number of rotatable bonds is 7. The lowest BCUT2D eigenvalue weighted by molar-refractivity contribution is 0.0954. The molecule has 2 aromatic rings. The average molecular weight is 340 g/mol. The predicted molar refractivity (Wildman–Crippen MR) is 99.6 cm³/mol. The van der Waals surface area contributed by atoms with E-state index in [-0.39, 0.29) is 12.0 Å². The van der Waals surface area contributed by atoms with Crippen molar-refractivity contribution in [2.45, 2.75) is 33.8 Å². The molecule has 5 nitrogen and oxygen atoms in total. The fourth-order valence-electron chi connectivity index (χ4n) is 2.28. The van der Waals surface area contributed by atoms with Crippen molar-refractivity contribution in [2.24, 2.45) is 5.10 Å². The Morgan fingerprint density at radius 2 is 1.96 bits per heavy atom. The van der Waals surface area contributed by atoms with E-state index in [9.17, 15) is 4.79 Å². The monoisotopic (exact) mass is 340 g/mol. The molecule has 5 heteroatoms. The number of carbonyl (C=O) groups excluding carboxylic acids is 1. The Kier molecular flexibility index (Phi) is 6.57. The average Bonchev–Trinajstić information content (AvgIpc) is 2.57. The summed E-state index contributed by atoms with van der Waals surface area (Å²) in [7, 11) is 0. The van der Waals surface area contributed by atoms with Crippen molar-refractivity contribution in [2.75, 3.05) is 6.61 Å². The lowest BCUT2D eigenvalue weighted by Crippen LogP contribution is -2.18. The van der Waals surface area contributed by atoms with Crippen molar-refractivity contribution in [1.82, 2.24) is 5.43 Å². The van der Waals surface area contributed by atoms with E-state index in [1.165, 1.54) is 0 Å². The van der Waals surface area contributed by atoms with Crippen LogP contribution in [0, 0.1) is 6.92 Å². The number of amides is 1. The highest BCUT2D eigenvalue weighted by Gasteiger charge is 2.08. The van der Waals surface area contributed by atoms with Crippen LogP contribution in [-0.2, 0) is 0 Å². The molecular formula is C20H24N2O3. The van der Waals surface area contributed by atoms with Crippen LogP contribution < -0.4 is 14.9 Å². The minimum atomic E-state index is -0.237. The van der Waals surface area contributed by atoms with Gasteiger partial charge in [0.2, 0.25) is 0 Å². The summed E-state index contributed by atoms with van der Waals surface area (Å²) in [5.74, 6) is 1.11. The number of carbonyl (C=O) groups is 1. The Hall–Kier alpha value is -2.82. The fraction of sp³-hybridized carbons (Fsp3) is 0.300. The van der Waals surface area contributed by atoms with E-state index >= 15 is 0 Å². The molecule has 0 spiro atoms. The summed E-state index contributed by atoms with van der Waals surface area (Å²) in [5.41, 5.74) is 4.87. The van der Waals surface area contributed by atoms with Crippen LogP contribution in [0.4, 0.5) is 0 Å². The molecule has 0 atom stereocenters. The molecule has 1 amide bonds. The van der Waals surface area contributed by atoms with E-state index < -0.39 is 0 Å². The molecule has 0 aromatic heterocycles. The smallest absolute Gasteiger partial charge is 0.271 e. The standard InChI is InChI=1S/C20H24N2O3/c1-5-24-19-12-16(10-11-18(19)25-14(2)3)13-21-22-20(23)17-9-7-6-8-15(17)4/h6-14H,5H2,1-4H3,(H,22,23)/b21-13-. The summed E-state index contributed by atoms with van der Waals surface area (Å²) in [4.78, 5) is 12.1. The number of aryl methyl sites for hydroxylation is 1. The predicted octanol–water partition coefficient (Wildman–Crippen LogP) is 3.94. The van der Waals surface area contributed by atoms with Crippen LogP contribution in [0.1, 0.15) is 42.3 Å². The third-order valence-corrected chi connectivity index (χ3v) is 3.40. The summed E-state index contributed by atoms with van der Waals surface area (Å²) in [6.45, 7) is 8.28. The summed E-state index contributed by atoms with van der Waals surface area (Å²) in [5, 5.41) is 4.03. The molecule has 2 aromatic carbocycles. The maximum atomic E-state index is 12.1. The third kappa shape index (κ3) is 5.35. The topological polar surface area (TPSA) is 59.9 Å². The van der Waals surface area contributed by atoms with Crippen molar-refractivity contribution < 1.29 is 14.3 Å². The quantitative estimate of drug-likeness (QED) is 0.613. The molecule has 0 unspecified atom stereocenters. The van der Waals surface area contributed by atoms with Crippen LogP contribution in [0.25, 0.3) is 0 Å². The summed E-state index contributed by atoms with van der Waals surface area (Å²) < 4.78 is 11.3. The Bertz CT molecular complexity index is 754. The van der Waals surface area contributed by atoms with Gasteiger partial charge in [-0.1, -0.05) is 18.2 Å². The molecule has 0 bridgehead atoms. The molecular weight excluding hydrogens is 316 g/mol. The SMILES string of the molecule is CCOc1cc(/C=N\NC(=O)c2ccccc2C)ccc1OC(C)C. The zero-order chi connectivity index (χ0) is 18.2. The molecule has 0 saturated carbocycles. The van der Waals surface area contributed by atoms with Gasteiger partial charge in [-0.15, -0.1) is 0 Å².